The molecule has 9 nitrogen and oxygen atoms in total. The molecule has 2 atom stereocenters. The summed E-state index contributed by atoms with van der Waals surface area (Å²) in [7, 11) is 0. The van der Waals surface area contributed by atoms with Gasteiger partial charge < -0.3 is 14.8 Å². The number of hydrogen-bond donors (Lipinski definition) is 1. The third-order valence-electron chi connectivity index (χ3n) is 5.23. The minimum absolute atomic E-state index is 0.00115. The number of hydrogen-bond acceptors (Lipinski definition) is 8. The Kier molecular flexibility index (Phi) is 7.68. The van der Waals surface area contributed by atoms with Crippen LogP contribution in [-0.2, 0) is 27.4 Å². The zero-order chi connectivity index (χ0) is 20.6. The second kappa shape index (κ2) is 10.9. The van der Waals surface area contributed by atoms with Crippen LogP contribution in [0.15, 0.2) is 35.5 Å². The molecule has 0 radical (unpaired) electrons. The fraction of sp³-hybridized carbons (Fsp3) is 0.600. The van der Waals surface area contributed by atoms with Gasteiger partial charge in [0.25, 0.3) is 0 Å². The van der Waals surface area contributed by atoms with Crippen molar-refractivity contribution in [3.8, 4) is 0 Å². The van der Waals surface area contributed by atoms with Crippen LogP contribution < -0.4 is 5.32 Å². The van der Waals surface area contributed by atoms with Crippen molar-refractivity contribution in [2.24, 2.45) is 0 Å². The van der Waals surface area contributed by atoms with E-state index in [1.165, 1.54) is 17.3 Å². The first kappa shape index (κ1) is 21.2. The van der Waals surface area contributed by atoms with E-state index in [2.05, 4.69) is 50.0 Å². The summed E-state index contributed by atoms with van der Waals surface area (Å²) in [5, 5.41) is 15.4. The first-order chi connectivity index (χ1) is 14.8. The lowest BCUT2D eigenvalue weighted by atomic mass is 10.2. The molecule has 0 aliphatic carbocycles. The SMILES string of the molecule is O=C(CSc1nnnn1CC1CCCO1)NCC1CN(Cc2ccccc2)CCO1. The number of carbonyl (C=O) groups excluding carboxylic acids is 1. The summed E-state index contributed by atoms with van der Waals surface area (Å²) in [6, 6.07) is 10.4. The monoisotopic (exact) mass is 432 g/mol. The maximum atomic E-state index is 12.3. The molecule has 1 aromatic carbocycles. The van der Waals surface area contributed by atoms with E-state index in [9.17, 15) is 4.79 Å². The second-order valence-corrected chi connectivity index (χ2v) is 8.53. The predicted molar refractivity (Wildman–Crippen MR) is 112 cm³/mol. The number of nitrogens with one attached hydrogen (secondary N) is 1. The molecule has 2 aromatic rings. The van der Waals surface area contributed by atoms with E-state index in [0.717, 1.165) is 39.1 Å². The van der Waals surface area contributed by atoms with Crippen LogP contribution in [0.1, 0.15) is 18.4 Å². The van der Waals surface area contributed by atoms with E-state index in [1.807, 2.05) is 6.07 Å². The van der Waals surface area contributed by atoms with E-state index in [0.29, 0.717) is 24.9 Å². The Balaban J connectivity index is 1.17. The molecular formula is C20H28N6O3S. The second-order valence-electron chi connectivity index (χ2n) is 7.58. The summed E-state index contributed by atoms with van der Waals surface area (Å²) in [5.74, 6) is 0.224. The third-order valence-corrected chi connectivity index (χ3v) is 6.19. The Bertz CT molecular complexity index is 799. The molecule has 2 saturated heterocycles. The summed E-state index contributed by atoms with van der Waals surface area (Å²) in [5.41, 5.74) is 1.29. The van der Waals surface area contributed by atoms with Gasteiger partial charge in [0.05, 0.1) is 31.1 Å². The van der Waals surface area contributed by atoms with Crippen molar-refractivity contribution >= 4 is 17.7 Å². The summed E-state index contributed by atoms with van der Waals surface area (Å²) in [6.45, 7) is 5.22. The first-order valence-corrected chi connectivity index (χ1v) is 11.4. The highest BCUT2D eigenvalue weighted by Gasteiger charge is 2.22. The lowest BCUT2D eigenvalue weighted by molar-refractivity contribution is -0.119. The average Bonchev–Trinajstić information content (AvgIpc) is 3.44. The molecule has 1 N–H and O–H groups in total. The molecule has 10 heteroatoms. The normalized spacial score (nSPS) is 22.3. The number of nitrogens with zero attached hydrogens (tertiary/aromatic N) is 5. The summed E-state index contributed by atoms with van der Waals surface area (Å²) < 4.78 is 13.2. The van der Waals surface area contributed by atoms with Crippen LogP contribution in [-0.4, -0.2) is 81.8 Å². The highest BCUT2D eigenvalue weighted by molar-refractivity contribution is 7.99. The number of thioether (sulfide) groups is 1. The number of morpholine rings is 1. The summed E-state index contributed by atoms with van der Waals surface area (Å²) in [4.78, 5) is 14.7. The van der Waals surface area contributed by atoms with Crippen LogP contribution in [0.4, 0.5) is 0 Å². The molecule has 0 spiro atoms. The lowest BCUT2D eigenvalue weighted by Crippen LogP contribution is -2.47. The van der Waals surface area contributed by atoms with Gasteiger partial charge in [0.15, 0.2) is 0 Å². The van der Waals surface area contributed by atoms with Gasteiger partial charge in [0.1, 0.15) is 0 Å². The number of rotatable bonds is 9. The number of carbonyl (C=O) groups is 1. The van der Waals surface area contributed by atoms with E-state index < -0.39 is 0 Å². The van der Waals surface area contributed by atoms with Crippen molar-refractivity contribution in [3.05, 3.63) is 35.9 Å². The molecule has 4 rings (SSSR count). The van der Waals surface area contributed by atoms with Gasteiger partial charge >= 0.3 is 0 Å². The molecule has 162 valence electrons. The van der Waals surface area contributed by atoms with Gasteiger partial charge in [0, 0.05) is 32.8 Å². The zero-order valence-corrected chi connectivity index (χ0v) is 17.8. The standard InChI is InChI=1S/C20H28N6O3S/c27-19(15-30-20-22-23-24-26(20)14-17-7-4-9-28-17)21-11-18-13-25(8-10-29-18)12-16-5-2-1-3-6-16/h1-3,5-6,17-18H,4,7-15H2,(H,21,27). The molecule has 1 aromatic heterocycles. The van der Waals surface area contributed by atoms with Crippen LogP contribution in [0, 0.1) is 0 Å². The molecule has 30 heavy (non-hydrogen) atoms. The van der Waals surface area contributed by atoms with Crippen molar-refractivity contribution in [2.45, 2.75) is 43.3 Å². The maximum Gasteiger partial charge on any atom is 0.230 e. The highest BCUT2D eigenvalue weighted by atomic mass is 32.2. The Labute approximate surface area is 180 Å². The van der Waals surface area contributed by atoms with Crippen molar-refractivity contribution in [1.82, 2.24) is 30.4 Å². The Morgan fingerprint density at radius 1 is 1.20 bits per heavy atom. The van der Waals surface area contributed by atoms with Gasteiger partial charge in [0.2, 0.25) is 11.1 Å². The van der Waals surface area contributed by atoms with Gasteiger partial charge in [-0.25, -0.2) is 4.68 Å². The largest absolute Gasteiger partial charge is 0.376 e. The van der Waals surface area contributed by atoms with Gasteiger partial charge in [-0.05, 0) is 28.8 Å². The number of benzene rings is 1. The lowest BCUT2D eigenvalue weighted by Gasteiger charge is -2.33. The van der Waals surface area contributed by atoms with Crippen LogP contribution >= 0.6 is 11.8 Å². The molecule has 3 heterocycles. The molecule has 2 unspecified atom stereocenters. The predicted octanol–water partition coefficient (Wildman–Crippen LogP) is 0.961. The fourth-order valence-corrected chi connectivity index (χ4v) is 4.41. The minimum atomic E-state index is -0.0459. The smallest absolute Gasteiger partial charge is 0.230 e. The van der Waals surface area contributed by atoms with Gasteiger partial charge in [-0.15, -0.1) is 5.10 Å². The molecule has 1 amide bonds. The highest BCUT2D eigenvalue weighted by Crippen LogP contribution is 2.18. The number of amides is 1. The molecular weight excluding hydrogens is 404 g/mol. The third kappa shape index (κ3) is 6.24. The van der Waals surface area contributed by atoms with Crippen molar-refractivity contribution in [3.63, 3.8) is 0 Å². The van der Waals surface area contributed by atoms with Gasteiger partial charge in [-0.1, -0.05) is 42.1 Å². The summed E-state index contributed by atoms with van der Waals surface area (Å²) >= 11 is 1.34. The van der Waals surface area contributed by atoms with Crippen molar-refractivity contribution in [2.75, 3.05) is 38.6 Å². The van der Waals surface area contributed by atoms with E-state index >= 15 is 0 Å². The van der Waals surface area contributed by atoms with E-state index in [-0.39, 0.29) is 23.9 Å². The van der Waals surface area contributed by atoms with Crippen LogP contribution in [0.2, 0.25) is 0 Å². The van der Waals surface area contributed by atoms with Crippen LogP contribution in [0.3, 0.4) is 0 Å². The van der Waals surface area contributed by atoms with Crippen LogP contribution in [0.5, 0.6) is 0 Å². The first-order valence-electron chi connectivity index (χ1n) is 10.4. The molecule has 2 aliphatic heterocycles. The van der Waals surface area contributed by atoms with Crippen molar-refractivity contribution < 1.29 is 14.3 Å². The maximum absolute atomic E-state index is 12.3. The average molecular weight is 433 g/mol. The Hall–Kier alpha value is -2.01. The Morgan fingerprint density at radius 2 is 2.07 bits per heavy atom. The van der Waals surface area contributed by atoms with Gasteiger partial charge in [-0.2, -0.15) is 0 Å². The van der Waals surface area contributed by atoms with E-state index in [4.69, 9.17) is 9.47 Å². The van der Waals surface area contributed by atoms with Crippen LogP contribution in [0.25, 0.3) is 0 Å². The fourth-order valence-electron chi connectivity index (χ4n) is 3.69. The quantitative estimate of drug-likeness (QED) is 0.586. The summed E-state index contributed by atoms with van der Waals surface area (Å²) in [6.07, 6.45) is 2.25. The van der Waals surface area contributed by atoms with Gasteiger partial charge in [-0.3, -0.25) is 9.69 Å². The molecule has 0 bridgehead atoms. The topological polar surface area (TPSA) is 94.4 Å². The Morgan fingerprint density at radius 3 is 2.90 bits per heavy atom. The molecule has 0 saturated carbocycles. The number of tetrazole rings is 1. The van der Waals surface area contributed by atoms with E-state index in [1.54, 1.807) is 4.68 Å². The molecule has 2 fully saturated rings. The minimum Gasteiger partial charge on any atom is -0.376 e. The number of aromatic nitrogens is 4. The van der Waals surface area contributed by atoms with Crippen molar-refractivity contribution in [1.29, 1.82) is 0 Å². The number of ether oxygens (including phenoxy) is 2. The molecule has 2 aliphatic rings. The zero-order valence-electron chi connectivity index (χ0n) is 17.0.